The first kappa shape index (κ1) is 14.6. The summed E-state index contributed by atoms with van der Waals surface area (Å²) in [6, 6.07) is 3.88. The fourth-order valence-corrected chi connectivity index (χ4v) is 2.24. The number of hydrogen-bond acceptors (Lipinski definition) is 5. The molecule has 1 fully saturated rings. The van der Waals surface area contributed by atoms with Gasteiger partial charge in [0.25, 0.3) is 5.91 Å². The zero-order chi connectivity index (χ0) is 14.7. The van der Waals surface area contributed by atoms with Crippen LogP contribution in [0.25, 0.3) is 0 Å². The van der Waals surface area contributed by atoms with Crippen LogP contribution in [0.1, 0.15) is 10.4 Å². The number of halogens is 1. The summed E-state index contributed by atoms with van der Waals surface area (Å²) in [7, 11) is 1.27. The number of carbonyl (C=O) groups excluding carboxylic acids is 2. The van der Waals surface area contributed by atoms with E-state index in [9.17, 15) is 9.59 Å². The molecule has 1 atom stereocenters. The van der Waals surface area contributed by atoms with Crippen molar-refractivity contribution in [2.75, 3.05) is 32.6 Å². The summed E-state index contributed by atoms with van der Waals surface area (Å²) in [5.41, 5.74) is 6.39. The van der Waals surface area contributed by atoms with Crippen molar-refractivity contribution in [1.82, 2.24) is 4.90 Å². The molecule has 2 N–H and O–H groups in total. The molecule has 6 nitrogen and oxygen atoms in total. The maximum atomic E-state index is 12.5. The highest BCUT2D eigenvalue weighted by Gasteiger charge is 2.34. The van der Waals surface area contributed by atoms with Crippen molar-refractivity contribution in [1.29, 1.82) is 0 Å². The molecule has 20 heavy (non-hydrogen) atoms. The van der Waals surface area contributed by atoms with Crippen molar-refractivity contribution >= 4 is 29.2 Å². The molecule has 0 bridgehead atoms. The van der Waals surface area contributed by atoms with Gasteiger partial charge in [-0.3, -0.25) is 4.79 Å². The van der Waals surface area contributed by atoms with E-state index in [0.29, 0.717) is 23.7 Å². The van der Waals surface area contributed by atoms with Gasteiger partial charge in [-0.2, -0.15) is 0 Å². The van der Waals surface area contributed by atoms with Crippen LogP contribution in [0.15, 0.2) is 18.2 Å². The summed E-state index contributed by atoms with van der Waals surface area (Å²) in [6.45, 7) is 0.791. The van der Waals surface area contributed by atoms with Gasteiger partial charge < -0.3 is 20.1 Å². The lowest BCUT2D eigenvalue weighted by atomic mass is 10.1. The maximum Gasteiger partial charge on any atom is 0.331 e. The highest BCUT2D eigenvalue weighted by molar-refractivity contribution is 6.31. The molecule has 0 aliphatic carbocycles. The first-order chi connectivity index (χ1) is 9.54. The second-order valence-electron chi connectivity index (χ2n) is 4.34. The number of nitrogens with two attached hydrogens (primary N) is 1. The third kappa shape index (κ3) is 2.86. The van der Waals surface area contributed by atoms with Crippen LogP contribution in [0.5, 0.6) is 0 Å². The number of rotatable bonds is 2. The van der Waals surface area contributed by atoms with E-state index in [-0.39, 0.29) is 18.2 Å². The van der Waals surface area contributed by atoms with Crippen LogP contribution >= 0.6 is 11.6 Å². The van der Waals surface area contributed by atoms with E-state index in [0.717, 1.165) is 0 Å². The van der Waals surface area contributed by atoms with Crippen molar-refractivity contribution in [3.8, 4) is 0 Å². The molecule has 0 spiro atoms. The smallest absolute Gasteiger partial charge is 0.331 e. The number of amides is 1. The van der Waals surface area contributed by atoms with Crippen molar-refractivity contribution in [2.45, 2.75) is 6.04 Å². The number of methoxy groups -OCH3 is 1. The molecule has 108 valence electrons. The molecule has 2 rings (SSSR count). The van der Waals surface area contributed by atoms with Crippen molar-refractivity contribution in [3.63, 3.8) is 0 Å². The average molecular weight is 299 g/mol. The van der Waals surface area contributed by atoms with E-state index in [1.807, 2.05) is 0 Å². The molecule has 1 heterocycles. The predicted octanol–water partition coefficient (Wildman–Crippen LogP) is 0.936. The third-order valence-corrected chi connectivity index (χ3v) is 3.34. The maximum absolute atomic E-state index is 12.5. The van der Waals surface area contributed by atoms with Crippen molar-refractivity contribution < 1.29 is 19.1 Å². The Hall–Kier alpha value is -1.79. The van der Waals surface area contributed by atoms with E-state index >= 15 is 0 Å². The Kier molecular flexibility index (Phi) is 4.46. The minimum absolute atomic E-state index is 0.117. The molecule has 0 radical (unpaired) electrons. The van der Waals surface area contributed by atoms with Gasteiger partial charge in [0.2, 0.25) is 0 Å². The van der Waals surface area contributed by atoms with Gasteiger partial charge in [-0.05, 0) is 18.2 Å². The van der Waals surface area contributed by atoms with Crippen molar-refractivity contribution in [3.05, 3.63) is 28.8 Å². The number of anilines is 1. The lowest BCUT2D eigenvalue weighted by Crippen LogP contribution is -2.53. The van der Waals surface area contributed by atoms with Gasteiger partial charge in [0, 0.05) is 17.3 Å². The zero-order valence-electron chi connectivity index (χ0n) is 11.0. The fraction of sp³-hybridized carbons (Fsp3) is 0.385. The lowest BCUT2D eigenvalue weighted by Gasteiger charge is -2.33. The van der Waals surface area contributed by atoms with Gasteiger partial charge in [-0.1, -0.05) is 11.6 Å². The van der Waals surface area contributed by atoms with Crippen LogP contribution in [-0.4, -0.2) is 49.7 Å². The second kappa shape index (κ2) is 6.11. The molecule has 1 aliphatic heterocycles. The Morgan fingerprint density at radius 3 is 2.90 bits per heavy atom. The summed E-state index contributed by atoms with van der Waals surface area (Å²) >= 11 is 5.81. The summed E-state index contributed by atoms with van der Waals surface area (Å²) in [6.07, 6.45) is 0. The molecule has 0 aromatic heterocycles. The van der Waals surface area contributed by atoms with Crippen LogP contribution < -0.4 is 5.73 Å². The van der Waals surface area contributed by atoms with E-state index in [1.165, 1.54) is 18.1 Å². The number of ether oxygens (including phenoxy) is 2. The van der Waals surface area contributed by atoms with Crippen molar-refractivity contribution in [2.24, 2.45) is 0 Å². The molecule has 1 aliphatic rings. The van der Waals surface area contributed by atoms with Gasteiger partial charge in [0.15, 0.2) is 6.04 Å². The standard InChI is InChI=1S/C13H15ClN2O4/c1-19-13(18)11-7-20-5-4-16(11)12(17)9-3-2-8(14)6-10(9)15/h2-3,6,11H,4-5,7,15H2,1H3. The topological polar surface area (TPSA) is 81.9 Å². The van der Waals surface area contributed by atoms with E-state index in [1.54, 1.807) is 12.1 Å². The molecule has 1 aromatic carbocycles. The number of benzene rings is 1. The minimum Gasteiger partial charge on any atom is -0.467 e. The number of nitrogen functional groups attached to an aromatic ring is 1. The quantitative estimate of drug-likeness (QED) is 0.649. The number of hydrogen-bond donors (Lipinski definition) is 1. The van der Waals surface area contributed by atoms with Gasteiger partial charge in [0.05, 0.1) is 25.9 Å². The molecule has 1 unspecified atom stereocenters. The van der Waals surface area contributed by atoms with Crippen LogP contribution in [0, 0.1) is 0 Å². The van der Waals surface area contributed by atoms with Gasteiger partial charge in [-0.25, -0.2) is 4.79 Å². The summed E-state index contributed by atoms with van der Waals surface area (Å²) < 4.78 is 9.91. The SMILES string of the molecule is COC(=O)C1COCCN1C(=O)c1ccc(Cl)cc1N. The third-order valence-electron chi connectivity index (χ3n) is 3.11. The number of morpholine rings is 1. The molecular weight excluding hydrogens is 284 g/mol. The summed E-state index contributed by atoms with van der Waals surface area (Å²) in [5.74, 6) is -0.844. The van der Waals surface area contributed by atoms with Gasteiger partial charge in [-0.15, -0.1) is 0 Å². The van der Waals surface area contributed by atoms with Gasteiger partial charge >= 0.3 is 5.97 Å². The summed E-state index contributed by atoms with van der Waals surface area (Å²) in [5, 5.41) is 0.450. The molecule has 0 saturated carbocycles. The molecule has 1 saturated heterocycles. The zero-order valence-corrected chi connectivity index (χ0v) is 11.7. The van der Waals surface area contributed by atoms with Crippen LogP contribution in [-0.2, 0) is 14.3 Å². The minimum atomic E-state index is -0.753. The molecular formula is C13H15ClN2O4. The second-order valence-corrected chi connectivity index (χ2v) is 4.78. The fourth-order valence-electron chi connectivity index (χ4n) is 2.06. The van der Waals surface area contributed by atoms with E-state index in [2.05, 4.69) is 0 Å². The van der Waals surface area contributed by atoms with Crippen LogP contribution in [0.3, 0.4) is 0 Å². The first-order valence-electron chi connectivity index (χ1n) is 6.06. The van der Waals surface area contributed by atoms with E-state index in [4.69, 9.17) is 26.8 Å². The Balaban J connectivity index is 2.27. The summed E-state index contributed by atoms with van der Waals surface area (Å²) in [4.78, 5) is 25.6. The highest BCUT2D eigenvalue weighted by Crippen LogP contribution is 2.21. The average Bonchev–Trinajstić information content (AvgIpc) is 2.46. The Morgan fingerprint density at radius 2 is 2.25 bits per heavy atom. The first-order valence-corrected chi connectivity index (χ1v) is 6.44. The Labute approximate surface area is 121 Å². The Morgan fingerprint density at radius 1 is 1.50 bits per heavy atom. The van der Waals surface area contributed by atoms with Gasteiger partial charge in [0.1, 0.15) is 0 Å². The highest BCUT2D eigenvalue weighted by atomic mass is 35.5. The number of esters is 1. The number of carbonyl (C=O) groups is 2. The Bertz CT molecular complexity index is 535. The number of nitrogens with zero attached hydrogens (tertiary/aromatic N) is 1. The normalized spacial score (nSPS) is 18.7. The molecule has 7 heteroatoms. The monoisotopic (exact) mass is 298 g/mol. The largest absolute Gasteiger partial charge is 0.467 e. The van der Waals surface area contributed by atoms with E-state index < -0.39 is 12.0 Å². The lowest BCUT2D eigenvalue weighted by molar-refractivity contribution is -0.151. The molecule has 1 aromatic rings. The predicted molar refractivity (Wildman–Crippen MR) is 73.5 cm³/mol. The molecule has 1 amide bonds. The van der Waals surface area contributed by atoms with Crippen LogP contribution in [0.2, 0.25) is 5.02 Å². The van der Waals surface area contributed by atoms with Crippen LogP contribution in [0.4, 0.5) is 5.69 Å².